The molecular formula is C10H13NO. The molecule has 0 radical (unpaired) electrons. The Morgan fingerprint density at radius 3 is 2.25 bits per heavy atom. The maximum absolute atomic E-state index is 8.65. The van der Waals surface area contributed by atoms with E-state index in [-0.39, 0.29) is 5.41 Å². The highest BCUT2D eigenvalue weighted by atomic mass is 16.3. The van der Waals surface area contributed by atoms with Crippen molar-refractivity contribution < 1.29 is 4.42 Å². The molecule has 1 aromatic rings. The van der Waals surface area contributed by atoms with E-state index >= 15 is 0 Å². The van der Waals surface area contributed by atoms with Crippen molar-refractivity contribution in [1.82, 2.24) is 0 Å². The van der Waals surface area contributed by atoms with Crippen molar-refractivity contribution in [2.45, 2.75) is 33.1 Å². The average molecular weight is 163 g/mol. The van der Waals surface area contributed by atoms with E-state index in [0.29, 0.717) is 5.76 Å². The smallest absolute Gasteiger partial charge is 0.206 e. The van der Waals surface area contributed by atoms with Crippen LogP contribution in [-0.2, 0) is 5.41 Å². The zero-order chi connectivity index (χ0) is 9.35. The van der Waals surface area contributed by atoms with Gasteiger partial charge in [0.15, 0.2) is 0 Å². The van der Waals surface area contributed by atoms with Crippen molar-refractivity contribution in [3.8, 4) is 6.07 Å². The summed E-state index contributed by atoms with van der Waals surface area (Å²) in [6.45, 7) is 8.07. The molecule has 0 aliphatic rings. The predicted octanol–water partition coefficient (Wildman–Crippen LogP) is 2.76. The van der Waals surface area contributed by atoms with Crippen LogP contribution in [-0.4, -0.2) is 0 Å². The third-order valence-corrected chi connectivity index (χ3v) is 1.76. The maximum atomic E-state index is 8.65. The third-order valence-electron chi connectivity index (χ3n) is 1.76. The van der Waals surface area contributed by atoms with Gasteiger partial charge in [0.2, 0.25) is 5.76 Å². The van der Waals surface area contributed by atoms with Crippen LogP contribution in [0.4, 0.5) is 0 Å². The lowest BCUT2D eigenvalue weighted by atomic mass is 9.93. The topological polar surface area (TPSA) is 36.9 Å². The minimum absolute atomic E-state index is 0.0140. The lowest BCUT2D eigenvalue weighted by Gasteiger charge is -2.13. The molecule has 12 heavy (non-hydrogen) atoms. The van der Waals surface area contributed by atoms with Crippen molar-refractivity contribution >= 4 is 0 Å². The van der Waals surface area contributed by atoms with Gasteiger partial charge in [-0.3, -0.25) is 0 Å². The molecular weight excluding hydrogens is 150 g/mol. The van der Waals surface area contributed by atoms with Gasteiger partial charge in [-0.05, 0) is 13.0 Å². The number of hydrogen-bond acceptors (Lipinski definition) is 2. The fraction of sp³-hybridized carbons (Fsp3) is 0.500. The lowest BCUT2D eigenvalue weighted by Crippen LogP contribution is -2.09. The molecule has 0 aliphatic carbocycles. The quantitative estimate of drug-likeness (QED) is 0.589. The SMILES string of the molecule is Cc1cc(C(C)(C)C)oc1C#N. The van der Waals surface area contributed by atoms with Gasteiger partial charge < -0.3 is 4.42 Å². The van der Waals surface area contributed by atoms with E-state index in [1.807, 2.05) is 19.1 Å². The third kappa shape index (κ3) is 1.50. The molecule has 0 amide bonds. The lowest BCUT2D eigenvalue weighted by molar-refractivity contribution is 0.403. The molecule has 0 bridgehead atoms. The maximum Gasteiger partial charge on any atom is 0.206 e. The van der Waals surface area contributed by atoms with Gasteiger partial charge in [-0.15, -0.1) is 0 Å². The van der Waals surface area contributed by atoms with E-state index in [9.17, 15) is 0 Å². The van der Waals surface area contributed by atoms with Gasteiger partial charge in [0.05, 0.1) is 0 Å². The van der Waals surface area contributed by atoms with Gasteiger partial charge in [0, 0.05) is 11.0 Å². The Hall–Kier alpha value is -1.23. The number of nitrogens with zero attached hydrogens (tertiary/aromatic N) is 1. The first-order valence-corrected chi connectivity index (χ1v) is 3.96. The van der Waals surface area contributed by atoms with Crippen LogP contribution in [0.5, 0.6) is 0 Å². The Bertz CT molecular complexity index is 323. The fourth-order valence-electron chi connectivity index (χ4n) is 0.963. The van der Waals surface area contributed by atoms with Crippen LogP contribution >= 0.6 is 0 Å². The number of nitriles is 1. The first kappa shape index (κ1) is 8.86. The molecule has 0 N–H and O–H groups in total. The molecule has 0 atom stereocenters. The molecule has 2 heteroatoms. The first-order chi connectivity index (χ1) is 5.45. The van der Waals surface area contributed by atoms with E-state index in [2.05, 4.69) is 20.8 Å². The highest BCUT2D eigenvalue weighted by Crippen LogP contribution is 2.26. The van der Waals surface area contributed by atoms with Crippen LogP contribution in [0.15, 0.2) is 10.5 Å². The van der Waals surface area contributed by atoms with Gasteiger partial charge in [-0.2, -0.15) is 5.26 Å². The summed E-state index contributed by atoms with van der Waals surface area (Å²) in [5, 5.41) is 8.65. The van der Waals surface area contributed by atoms with Crippen LogP contribution in [0.1, 0.15) is 37.9 Å². The van der Waals surface area contributed by atoms with Gasteiger partial charge >= 0.3 is 0 Å². The summed E-state index contributed by atoms with van der Waals surface area (Å²) in [7, 11) is 0. The van der Waals surface area contributed by atoms with E-state index in [0.717, 1.165) is 11.3 Å². The van der Waals surface area contributed by atoms with E-state index in [4.69, 9.17) is 9.68 Å². The van der Waals surface area contributed by atoms with Crippen molar-refractivity contribution in [3.63, 3.8) is 0 Å². The molecule has 1 aromatic heterocycles. The second-order valence-corrected chi connectivity index (χ2v) is 3.98. The summed E-state index contributed by atoms with van der Waals surface area (Å²) in [6.07, 6.45) is 0. The Balaban J connectivity index is 3.16. The highest BCUT2D eigenvalue weighted by Gasteiger charge is 2.19. The van der Waals surface area contributed by atoms with Gasteiger partial charge in [0.1, 0.15) is 11.8 Å². The average Bonchev–Trinajstić information content (AvgIpc) is 2.29. The summed E-state index contributed by atoms with van der Waals surface area (Å²) >= 11 is 0. The Morgan fingerprint density at radius 1 is 1.42 bits per heavy atom. The largest absolute Gasteiger partial charge is 0.450 e. The van der Waals surface area contributed by atoms with Gasteiger partial charge in [-0.1, -0.05) is 20.8 Å². The summed E-state index contributed by atoms with van der Waals surface area (Å²) in [5.41, 5.74) is 0.905. The summed E-state index contributed by atoms with van der Waals surface area (Å²) in [6, 6.07) is 3.95. The Morgan fingerprint density at radius 2 is 2.00 bits per heavy atom. The Labute approximate surface area is 72.8 Å². The molecule has 1 rings (SSSR count). The van der Waals surface area contributed by atoms with Crippen LogP contribution in [0, 0.1) is 18.3 Å². The molecule has 1 heterocycles. The van der Waals surface area contributed by atoms with Crippen molar-refractivity contribution in [3.05, 3.63) is 23.2 Å². The van der Waals surface area contributed by atoms with Gasteiger partial charge in [-0.25, -0.2) is 0 Å². The van der Waals surface area contributed by atoms with Crippen LogP contribution in [0.25, 0.3) is 0 Å². The molecule has 0 fully saturated rings. The minimum Gasteiger partial charge on any atom is -0.450 e. The normalized spacial score (nSPS) is 11.2. The van der Waals surface area contributed by atoms with E-state index in [1.165, 1.54) is 0 Å². The molecule has 2 nitrogen and oxygen atoms in total. The molecule has 64 valence electrons. The number of furan rings is 1. The van der Waals surface area contributed by atoms with Crippen LogP contribution in [0.3, 0.4) is 0 Å². The predicted molar refractivity (Wildman–Crippen MR) is 46.9 cm³/mol. The number of hydrogen-bond donors (Lipinski definition) is 0. The molecule has 0 saturated carbocycles. The first-order valence-electron chi connectivity index (χ1n) is 3.96. The van der Waals surface area contributed by atoms with Gasteiger partial charge in [0.25, 0.3) is 0 Å². The fourth-order valence-corrected chi connectivity index (χ4v) is 0.963. The van der Waals surface area contributed by atoms with E-state index in [1.54, 1.807) is 0 Å². The summed E-state index contributed by atoms with van der Waals surface area (Å²) in [4.78, 5) is 0. The highest BCUT2D eigenvalue weighted by molar-refractivity contribution is 5.31. The number of rotatable bonds is 0. The van der Waals surface area contributed by atoms with Crippen LogP contribution < -0.4 is 0 Å². The van der Waals surface area contributed by atoms with Crippen LogP contribution in [0.2, 0.25) is 0 Å². The van der Waals surface area contributed by atoms with Crippen molar-refractivity contribution in [1.29, 1.82) is 5.26 Å². The summed E-state index contributed by atoms with van der Waals surface area (Å²) in [5.74, 6) is 1.30. The standard InChI is InChI=1S/C10H13NO/c1-7-5-9(10(2,3)4)12-8(7)6-11/h5H,1-4H3. The number of aryl methyl sites for hydroxylation is 1. The summed E-state index contributed by atoms with van der Waals surface area (Å²) < 4.78 is 5.37. The second-order valence-electron chi connectivity index (χ2n) is 3.98. The zero-order valence-corrected chi connectivity index (χ0v) is 7.93. The minimum atomic E-state index is -0.0140. The molecule has 0 unspecified atom stereocenters. The molecule has 0 aliphatic heterocycles. The second kappa shape index (κ2) is 2.67. The van der Waals surface area contributed by atoms with Crippen molar-refractivity contribution in [2.75, 3.05) is 0 Å². The molecule has 0 spiro atoms. The Kier molecular flexibility index (Phi) is 1.97. The van der Waals surface area contributed by atoms with Crippen molar-refractivity contribution in [2.24, 2.45) is 0 Å². The zero-order valence-electron chi connectivity index (χ0n) is 7.93. The van der Waals surface area contributed by atoms with E-state index < -0.39 is 0 Å². The molecule has 0 aromatic carbocycles. The molecule has 0 saturated heterocycles. The monoisotopic (exact) mass is 163 g/mol.